The van der Waals surface area contributed by atoms with E-state index in [1.54, 1.807) is 18.2 Å². The van der Waals surface area contributed by atoms with E-state index in [2.05, 4.69) is 34.4 Å². The van der Waals surface area contributed by atoms with E-state index in [0.717, 1.165) is 6.42 Å². The van der Waals surface area contributed by atoms with Gasteiger partial charge in [-0.1, -0.05) is 32.0 Å². The number of aromatic nitrogens is 2. The lowest BCUT2D eigenvalue weighted by atomic mass is 10.1. The quantitative estimate of drug-likeness (QED) is 0.824. The SMILES string of the molecule is CC(C)CCNC(=O)c1cnc(NCc2ccccc2F)cn1. The first kappa shape index (κ1) is 16.9. The predicted molar refractivity (Wildman–Crippen MR) is 87.5 cm³/mol. The highest BCUT2D eigenvalue weighted by Crippen LogP contribution is 2.09. The molecule has 1 amide bonds. The van der Waals surface area contributed by atoms with Crippen LogP contribution in [0.1, 0.15) is 36.3 Å². The van der Waals surface area contributed by atoms with E-state index in [1.165, 1.54) is 18.5 Å². The van der Waals surface area contributed by atoms with E-state index in [4.69, 9.17) is 0 Å². The van der Waals surface area contributed by atoms with Gasteiger partial charge in [0.15, 0.2) is 0 Å². The van der Waals surface area contributed by atoms with Crippen LogP contribution < -0.4 is 10.6 Å². The van der Waals surface area contributed by atoms with Crippen molar-refractivity contribution in [3.8, 4) is 0 Å². The van der Waals surface area contributed by atoms with Gasteiger partial charge in [-0.2, -0.15) is 0 Å². The Morgan fingerprint density at radius 1 is 1.22 bits per heavy atom. The lowest BCUT2D eigenvalue weighted by Crippen LogP contribution is -2.26. The van der Waals surface area contributed by atoms with Gasteiger partial charge in [0.1, 0.15) is 17.3 Å². The van der Waals surface area contributed by atoms with E-state index in [9.17, 15) is 9.18 Å². The van der Waals surface area contributed by atoms with E-state index >= 15 is 0 Å². The van der Waals surface area contributed by atoms with Crippen LogP contribution in [0.5, 0.6) is 0 Å². The second kappa shape index (κ2) is 8.22. The van der Waals surface area contributed by atoms with Crippen LogP contribution in [0, 0.1) is 11.7 Å². The summed E-state index contributed by atoms with van der Waals surface area (Å²) >= 11 is 0. The summed E-state index contributed by atoms with van der Waals surface area (Å²) in [6.45, 7) is 5.12. The Bertz CT molecular complexity index is 643. The molecule has 0 saturated carbocycles. The number of hydrogen-bond acceptors (Lipinski definition) is 4. The van der Waals surface area contributed by atoms with Crippen LogP contribution in [0.15, 0.2) is 36.7 Å². The first-order valence-corrected chi connectivity index (χ1v) is 7.64. The van der Waals surface area contributed by atoms with Gasteiger partial charge in [0.25, 0.3) is 5.91 Å². The Balaban J connectivity index is 1.87. The zero-order valence-corrected chi connectivity index (χ0v) is 13.3. The third kappa shape index (κ3) is 5.32. The average Bonchev–Trinajstić information content (AvgIpc) is 2.54. The Kier molecular flexibility index (Phi) is 6.02. The molecule has 2 aromatic rings. The third-order valence-electron chi connectivity index (χ3n) is 3.31. The van der Waals surface area contributed by atoms with Gasteiger partial charge in [-0.3, -0.25) is 4.79 Å². The number of benzene rings is 1. The minimum Gasteiger partial charge on any atom is -0.365 e. The summed E-state index contributed by atoms with van der Waals surface area (Å²) in [4.78, 5) is 20.1. The number of halogens is 1. The van der Waals surface area contributed by atoms with Gasteiger partial charge in [-0.05, 0) is 18.4 Å². The molecule has 0 unspecified atom stereocenters. The highest BCUT2D eigenvalue weighted by molar-refractivity contribution is 5.91. The highest BCUT2D eigenvalue weighted by Gasteiger charge is 2.08. The maximum atomic E-state index is 13.5. The molecule has 2 rings (SSSR count). The zero-order valence-electron chi connectivity index (χ0n) is 13.3. The summed E-state index contributed by atoms with van der Waals surface area (Å²) in [5.74, 6) is 0.520. The number of amides is 1. The number of hydrogen-bond donors (Lipinski definition) is 2. The summed E-state index contributed by atoms with van der Waals surface area (Å²) < 4.78 is 13.5. The van der Waals surface area contributed by atoms with E-state index in [0.29, 0.717) is 30.4 Å². The fraction of sp³-hybridized carbons (Fsp3) is 0.353. The molecule has 1 aromatic carbocycles. The van der Waals surface area contributed by atoms with Crippen molar-refractivity contribution in [1.29, 1.82) is 0 Å². The molecule has 0 saturated heterocycles. The molecule has 0 fully saturated rings. The van der Waals surface area contributed by atoms with Gasteiger partial charge in [0.05, 0.1) is 12.4 Å². The average molecular weight is 316 g/mol. The third-order valence-corrected chi connectivity index (χ3v) is 3.31. The first-order valence-electron chi connectivity index (χ1n) is 7.64. The summed E-state index contributed by atoms with van der Waals surface area (Å²) in [7, 11) is 0. The second-order valence-electron chi connectivity index (χ2n) is 5.67. The number of anilines is 1. The van der Waals surface area contributed by atoms with Gasteiger partial charge in [-0.25, -0.2) is 14.4 Å². The smallest absolute Gasteiger partial charge is 0.271 e. The van der Waals surface area contributed by atoms with Crippen LogP contribution in [0.3, 0.4) is 0 Å². The van der Waals surface area contributed by atoms with Crippen LogP contribution in [0.2, 0.25) is 0 Å². The summed E-state index contributed by atoms with van der Waals surface area (Å²) in [6, 6.07) is 6.53. The predicted octanol–water partition coefficient (Wildman–Crippen LogP) is 3.00. The molecule has 2 N–H and O–H groups in total. The molecule has 0 atom stereocenters. The molecule has 0 aliphatic heterocycles. The molecule has 0 aliphatic rings. The molecule has 0 aliphatic carbocycles. The van der Waals surface area contributed by atoms with Gasteiger partial charge in [0, 0.05) is 18.7 Å². The number of rotatable bonds is 7. The maximum Gasteiger partial charge on any atom is 0.271 e. The molecule has 1 aromatic heterocycles. The number of carbonyl (C=O) groups is 1. The van der Waals surface area contributed by atoms with Crippen molar-refractivity contribution in [3.05, 3.63) is 53.7 Å². The van der Waals surface area contributed by atoms with Crippen LogP contribution >= 0.6 is 0 Å². The standard InChI is InChI=1S/C17H21FN4O/c1-12(2)7-8-19-17(23)15-10-22-16(11-20-15)21-9-13-5-3-4-6-14(13)18/h3-6,10-12H,7-9H2,1-2H3,(H,19,23)(H,21,22). The van der Waals surface area contributed by atoms with Gasteiger partial charge in [-0.15, -0.1) is 0 Å². The minimum absolute atomic E-state index is 0.237. The summed E-state index contributed by atoms with van der Waals surface area (Å²) in [5, 5.41) is 5.78. The van der Waals surface area contributed by atoms with Crippen molar-refractivity contribution >= 4 is 11.7 Å². The molecule has 0 radical (unpaired) electrons. The van der Waals surface area contributed by atoms with Crippen LogP contribution in [-0.4, -0.2) is 22.4 Å². The lowest BCUT2D eigenvalue weighted by molar-refractivity contribution is 0.0946. The van der Waals surface area contributed by atoms with E-state index in [1.807, 2.05) is 0 Å². The zero-order chi connectivity index (χ0) is 16.7. The molecule has 6 heteroatoms. The van der Waals surface area contributed by atoms with E-state index < -0.39 is 0 Å². The van der Waals surface area contributed by atoms with Crippen LogP contribution in [0.4, 0.5) is 10.2 Å². The van der Waals surface area contributed by atoms with Crippen LogP contribution in [-0.2, 0) is 6.54 Å². The minimum atomic E-state index is -0.269. The fourth-order valence-corrected chi connectivity index (χ4v) is 1.93. The Labute approximate surface area is 135 Å². The number of carbonyl (C=O) groups excluding carboxylic acids is 1. The number of nitrogens with zero attached hydrogens (tertiary/aromatic N) is 2. The molecule has 0 spiro atoms. The van der Waals surface area contributed by atoms with Gasteiger partial charge < -0.3 is 10.6 Å². The van der Waals surface area contributed by atoms with Crippen molar-refractivity contribution in [1.82, 2.24) is 15.3 Å². The molecular formula is C17H21FN4O. The van der Waals surface area contributed by atoms with Gasteiger partial charge in [0.2, 0.25) is 0 Å². The normalized spacial score (nSPS) is 10.6. The van der Waals surface area contributed by atoms with Crippen molar-refractivity contribution in [2.75, 3.05) is 11.9 Å². The lowest BCUT2D eigenvalue weighted by Gasteiger charge is -2.08. The first-order chi connectivity index (χ1) is 11.1. The molecule has 1 heterocycles. The Morgan fingerprint density at radius 3 is 2.65 bits per heavy atom. The molecular weight excluding hydrogens is 295 g/mol. The van der Waals surface area contributed by atoms with Crippen LogP contribution in [0.25, 0.3) is 0 Å². The Morgan fingerprint density at radius 2 is 2.00 bits per heavy atom. The summed E-state index contributed by atoms with van der Waals surface area (Å²) in [6.07, 6.45) is 3.80. The molecule has 122 valence electrons. The molecule has 23 heavy (non-hydrogen) atoms. The largest absolute Gasteiger partial charge is 0.365 e. The van der Waals surface area contributed by atoms with Crippen molar-refractivity contribution in [3.63, 3.8) is 0 Å². The molecule has 5 nitrogen and oxygen atoms in total. The van der Waals surface area contributed by atoms with Crippen molar-refractivity contribution in [2.24, 2.45) is 5.92 Å². The van der Waals surface area contributed by atoms with Gasteiger partial charge >= 0.3 is 0 Å². The maximum absolute atomic E-state index is 13.5. The van der Waals surface area contributed by atoms with E-state index in [-0.39, 0.29) is 17.4 Å². The highest BCUT2D eigenvalue weighted by atomic mass is 19.1. The van der Waals surface area contributed by atoms with Crippen molar-refractivity contribution < 1.29 is 9.18 Å². The topological polar surface area (TPSA) is 66.9 Å². The second-order valence-corrected chi connectivity index (χ2v) is 5.67. The fourth-order valence-electron chi connectivity index (χ4n) is 1.93. The number of nitrogens with one attached hydrogen (secondary N) is 2. The Hall–Kier alpha value is -2.50. The van der Waals surface area contributed by atoms with Crippen molar-refractivity contribution in [2.45, 2.75) is 26.8 Å². The molecule has 0 bridgehead atoms. The monoisotopic (exact) mass is 316 g/mol. The summed E-state index contributed by atoms with van der Waals surface area (Å²) in [5.41, 5.74) is 0.815.